The Morgan fingerprint density at radius 3 is 2.56 bits per heavy atom. The van der Waals surface area contributed by atoms with Crippen LogP contribution in [0.3, 0.4) is 0 Å². The van der Waals surface area contributed by atoms with Crippen molar-refractivity contribution in [3.05, 3.63) is 35.4 Å². The highest BCUT2D eigenvalue weighted by Crippen LogP contribution is 2.05. The van der Waals surface area contributed by atoms with E-state index in [2.05, 4.69) is 10.1 Å². The van der Waals surface area contributed by atoms with Crippen molar-refractivity contribution in [2.75, 3.05) is 13.2 Å². The maximum atomic E-state index is 11.7. The average Bonchev–Trinajstić information content (AvgIpc) is 2.34. The molecule has 0 saturated carbocycles. The first-order valence-corrected chi connectivity index (χ1v) is 5.52. The third-order valence-electron chi connectivity index (χ3n) is 2.04. The highest BCUT2D eigenvalue weighted by molar-refractivity contribution is 7.80. The summed E-state index contributed by atoms with van der Waals surface area (Å²) >= 11 is 4.82. The Labute approximate surface area is 109 Å². The van der Waals surface area contributed by atoms with E-state index < -0.39 is 6.09 Å². The number of ether oxygens (including phenoxy) is 1. The van der Waals surface area contributed by atoms with Crippen molar-refractivity contribution < 1.29 is 14.3 Å². The molecule has 0 aliphatic rings. The Kier molecular flexibility index (Phi) is 5.06. The summed E-state index contributed by atoms with van der Waals surface area (Å²) in [5, 5.41) is 2.56. The lowest BCUT2D eigenvalue weighted by molar-refractivity contribution is 0.0937. The minimum atomic E-state index is -0.875. The van der Waals surface area contributed by atoms with Crippen LogP contribution in [0.5, 0.6) is 0 Å². The molecule has 0 aliphatic heterocycles. The third kappa shape index (κ3) is 4.38. The predicted octanol–water partition coefficient (Wildman–Crippen LogP) is 0.146. The zero-order valence-electron chi connectivity index (χ0n) is 9.51. The molecule has 96 valence electrons. The minimum absolute atomic E-state index is 0.0239. The molecule has 0 fully saturated rings. The molecule has 2 amide bonds. The van der Waals surface area contributed by atoms with Gasteiger partial charge in [0.15, 0.2) is 0 Å². The van der Waals surface area contributed by atoms with E-state index in [4.69, 9.17) is 23.7 Å². The monoisotopic (exact) mass is 267 g/mol. The molecule has 0 spiro atoms. The fraction of sp³-hybridized carbons (Fsp3) is 0.182. The Morgan fingerprint density at radius 2 is 1.94 bits per heavy atom. The molecule has 18 heavy (non-hydrogen) atoms. The summed E-state index contributed by atoms with van der Waals surface area (Å²) in [5.74, 6) is -0.304. The molecule has 0 aromatic heterocycles. The van der Waals surface area contributed by atoms with Crippen LogP contribution >= 0.6 is 12.2 Å². The van der Waals surface area contributed by atoms with Gasteiger partial charge in [-0.25, -0.2) is 4.79 Å². The highest BCUT2D eigenvalue weighted by atomic mass is 32.1. The predicted molar refractivity (Wildman–Crippen MR) is 70.2 cm³/mol. The topological polar surface area (TPSA) is 107 Å². The maximum absolute atomic E-state index is 11.7. The quantitative estimate of drug-likeness (QED) is 0.520. The molecule has 0 unspecified atom stereocenters. The molecular formula is C11H13N3O3S. The van der Waals surface area contributed by atoms with Gasteiger partial charge in [-0.1, -0.05) is 24.4 Å². The molecular weight excluding hydrogens is 254 g/mol. The largest absolute Gasteiger partial charge is 0.448 e. The van der Waals surface area contributed by atoms with Gasteiger partial charge in [-0.3, -0.25) is 4.79 Å². The molecule has 0 saturated heterocycles. The normalized spacial score (nSPS) is 9.56. The summed E-state index contributed by atoms with van der Waals surface area (Å²) in [7, 11) is 0. The fourth-order valence-corrected chi connectivity index (χ4v) is 1.36. The molecule has 0 radical (unpaired) electrons. The summed E-state index contributed by atoms with van der Waals surface area (Å²) in [4.78, 5) is 22.2. The van der Waals surface area contributed by atoms with Crippen molar-refractivity contribution in [3.8, 4) is 0 Å². The van der Waals surface area contributed by atoms with Crippen LogP contribution in [0, 0.1) is 0 Å². The van der Waals surface area contributed by atoms with Crippen molar-refractivity contribution in [3.63, 3.8) is 0 Å². The van der Waals surface area contributed by atoms with Crippen LogP contribution in [0.1, 0.15) is 15.9 Å². The summed E-state index contributed by atoms with van der Waals surface area (Å²) in [6, 6.07) is 6.62. The van der Waals surface area contributed by atoms with Crippen LogP contribution < -0.4 is 16.8 Å². The molecule has 6 nitrogen and oxygen atoms in total. The van der Waals surface area contributed by atoms with E-state index in [0.717, 1.165) is 0 Å². The number of nitrogens with one attached hydrogen (secondary N) is 1. The molecule has 1 aromatic rings. The standard InChI is InChI=1S/C11H13N3O3S/c12-9(18)7-2-1-3-8(6-7)10(15)14-4-5-17-11(13)16/h1-3,6H,4-5H2,(H2,12,18)(H2,13,16)(H,14,15). The van der Waals surface area contributed by atoms with E-state index in [1.165, 1.54) is 0 Å². The molecule has 1 aromatic carbocycles. The van der Waals surface area contributed by atoms with Gasteiger partial charge in [0, 0.05) is 11.1 Å². The Balaban J connectivity index is 2.53. The first kappa shape index (κ1) is 13.9. The summed E-state index contributed by atoms with van der Waals surface area (Å²) in [5.41, 5.74) is 11.3. The van der Waals surface area contributed by atoms with Crippen LogP contribution in [0.2, 0.25) is 0 Å². The summed E-state index contributed by atoms with van der Waals surface area (Å²) in [6.07, 6.45) is -0.875. The number of carbonyl (C=O) groups is 2. The van der Waals surface area contributed by atoms with Crippen LogP contribution in [0.4, 0.5) is 4.79 Å². The highest BCUT2D eigenvalue weighted by Gasteiger charge is 2.06. The van der Waals surface area contributed by atoms with Gasteiger partial charge in [0.05, 0.1) is 6.54 Å². The van der Waals surface area contributed by atoms with Crippen molar-refractivity contribution in [2.24, 2.45) is 11.5 Å². The van der Waals surface area contributed by atoms with Crippen molar-refractivity contribution in [1.82, 2.24) is 5.32 Å². The fourth-order valence-electron chi connectivity index (χ4n) is 1.23. The molecule has 5 N–H and O–H groups in total. The summed E-state index contributed by atoms with van der Waals surface area (Å²) in [6.45, 7) is 0.204. The van der Waals surface area contributed by atoms with Gasteiger partial charge in [0.1, 0.15) is 11.6 Å². The van der Waals surface area contributed by atoms with E-state index in [9.17, 15) is 9.59 Å². The second-order valence-electron chi connectivity index (χ2n) is 3.37. The number of nitrogens with two attached hydrogens (primary N) is 2. The van der Waals surface area contributed by atoms with Gasteiger partial charge in [-0.15, -0.1) is 0 Å². The molecule has 0 bridgehead atoms. The number of benzene rings is 1. The van der Waals surface area contributed by atoms with Gasteiger partial charge in [0.2, 0.25) is 0 Å². The lowest BCUT2D eigenvalue weighted by atomic mass is 10.1. The maximum Gasteiger partial charge on any atom is 0.404 e. The van der Waals surface area contributed by atoms with Gasteiger partial charge < -0.3 is 21.5 Å². The van der Waals surface area contributed by atoms with Crippen molar-refractivity contribution in [2.45, 2.75) is 0 Å². The SMILES string of the molecule is NC(=O)OCCNC(=O)c1cccc(C(N)=S)c1. The number of primary amides is 1. The second kappa shape index (κ2) is 6.55. The van der Waals surface area contributed by atoms with E-state index in [0.29, 0.717) is 11.1 Å². The van der Waals surface area contributed by atoms with Gasteiger partial charge in [0.25, 0.3) is 5.91 Å². The van der Waals surface area contributed by atoms with Crippen LogP contribution in [-0.2, 0) is 4.74 Å². The number of carbonyl (C=O) groups excluding carboxylic acids is 2. The second-order valence-corrected chi connectivity index (χ2v) is 3.81. The van der Waals surface area contributed by atoms with Crippen molar-refractivity contribution >= 4 is 29.2 Å². The third-order valence-corrected chi connectivity index (χ3v) is 2.28. The Bertz CT molecular complexity index is 476. The zero-order valence-corrected chi connectivity index (χ0v) is 10.3. The number of thiocarbonyl (C=S) groups is 1. The lowest BCUT2D eigenvalue weighted by Crippen LogP contribution is -2.29. The molecule has 7 heteroatoms. The first-order valence-electron chi connectivity index (χ1n) is 5.11. The van der Waals surface area contributed by atoms with E-state index in [1.807, 2.05) is 0 Å². The molecule has 1 rings (SSSR count). The van der Waals surface area contributed by atoms with Crippen LogP contribution in [0.25, 0.3) is 0 Å². The smallest absolute Gasteiger partial charge is 0.404 e. The van der Waals surface area contributed by atoms with Crippen molar-refractivity contribution in [1.29, 1.82) is 0 Å². The summed E-state index contributed by atoms with van der Waals surface area (Å²) < 4.78 is 4.47. The Morgan fingerprint density at radius 1 is 1.28 bits per heavy atom. The lowest BCUT2D eigenvalue weighted by Gasteiger charge is -2.06. The Hall–Kier alpha value is -2.15. The van der Waals surface area contributed by atoms with Crippen LogP contribution in [-0.4, -0.2) is 30.1 Å². The van der Waals surface area contributed by atoms with E-state index in [-0.39, 0.29) is 24.0 Å². The minimum Gasteiger partial charge on any atom is -0.448 e. The molecule has 0 heterocycles. The number of amides is 2. The first-order chi connectivity index (χ1) is 8.50. The molecule has 0 atom stereocenters. The van der Waals surface area contributed by atoms with Gasteiger partial charge >= 0.3 is 6.09 Å². The number of hydrogen-bond acceptors (Lipinski definition) is 4. The molecule has 0 aliphatic carbocycles. The number of hydrogen-bond donors (Lipinski definition) is 3. The van der Waals surface area contributed by atoms with Gasteiger partial charge in [-0.2, -0.15) is 0 Å². The van der Waals surface area contributed by atoms with Gasteiger partial charge in [-0.05, 0) is 12.1 Å². The zero-order chi connectivity index (χ0) is 13.5. The van der Waals surface area contributed by atoms with E-state index >= 15 is 0 Å². The average molecular weight is 267 g/mol. The van der Waals surface area contributed by atoms with Crippen LogP contribution in [0.15, 0.2) is 24.3 Å². The number of rotatable bonds is 5. The van der Waals surface area contributed by atoms with E-state index in [1.54, 1.807) is 24.3 Å².